The number of aromatic nitrogens is 6. The van der Waals surface area contributed by atoms with Gasteiger partial charge in [-0.15, -0.1) is 0 Å². The Bertz CT molecular complexity index is 1170. The van der Waals surface area contributed by atoms with Gasteiger partial charge in [0, 0.05) is 23.3 Å². The highest BCUT2D eigenvalue weighted by atomic mass is 35.5. The maximum absolute atomic E-state index is 6.00. The molecule has 3 aromatic heterocycles. The number of hydrogen-bond donors (Lipinski definition) is 3. The van der Waals surface area contributed by atoms with Crippen LogP contribution in [0.5, 0.6) is 0 Å². The first kappa shape index (κ1) is 19.8. The average Bonchev–Trinajstić information content (AvgIpc) is 3.40. The Balaban J connectivity index is 1.49. The second-order valence-corrected chi connectivity index (χ2v) is 8.49. The second kappa shape index (κ2) is 8.55. The van der Waals surface area contributed by atoms with Crippen molar-refractivity contribution >= 4 is 40.2 Å². The molecule has 160 valence electrons. The molecule has 9 heteroatoms. The van der Waals surface area contributed by atoms with Crippen LogP contribution in [0.25, 0.3) is 11.0 Å². The number of fused-ring (bicyclic) bond motifs is 1. The summed E-state index contributed by atoms with van der Waals surface area (Å²) < 4.78 is 2.07. The molecule has 0 atom stereocenters. The number of aryl methyl sites for hydroxylation is 1. The molecule has 31 heavy (non-hydrogen) atoms. The fourth-order valence-electron chi connectivity index (χ4n) is 4.08. The lowest BCUT2D eigenvalue weighted by molar-refractivity contribution is 0.336. The van der Waals surface area contributed by atoms with E-state index < -0.39 is 0 Å². The number of nitrogens with one attached hydrogen (secondary N) is 3. The number of aromatic amines is 1. The number of halogens is 1. The lowest BCUT2D eigenvalue weighted by Crippen LogP contribution is -2.15. The third-order valence-corrected chi connectivity index (χ3v) is 5.94. The zero-order valence-corrected chi connectivity index (χ0v) is 18.2. The fourth-order valence-corrected chi connectivity index (χ4v) is 4.21. The molecule has 3 N–H and O–H groups in total. The van der Waals surface area contributed by atoms with E-state index in [2.05, 4.69) is 25.5 Å². The maximum Gasteiger partial charge on any atom is 0.227 e. The van der Waals surface area contributed by atoms with E-state index in [9.17, 15) is 0 Å². The summed E-state index contributed by atoms with van der Waals surface area (Å²) in [5.74, 6) is 1.96. The average molecular weight is 437 g/mol. The maximum atomic E-state index is 6.00. The summed E-state index contributed by atoms with van der Waals surface area (Å²) in [6.45, 7) is 2.56. The van der Waals surface area contributed by atoms with Crippen molar-refractivity contribution in [2.45, 2.75) is 51.6 Å². The molecule has 0 bridgehead atoms. The van der Waals surface area contributed by atoms with Gasteiger partial charge in [-0.25, -0.2) is 4.68 Å². The van der Waals surface area contributed by atoms with Crippen molar-refractivity contribution in [3.8, 4) is 0 Å². The van der Waals surface area contributed by atoms with Crippen molar-refractivity contribution in [1.82, 2.24) is 29.9 Å². The molecule has 3 heterocycles. The van der Waals surface area contributed by atoms with Gasteiger partial charge in [-0.05, 0) is 37.5 Å². The first-order chi connectivity index (χ1) is 15.2. The smallest absolute Gasteiger partial charge is 0.227 e. The van der Waals surface area contributed by atoms with E-state index in [1.54, 1.807) is 0 Å². The minimum absolute atomic E-state index is 0.380. The van der Waals surface area contributed by atoms with Crippen LogP contribution < -0.4 is 10.6 Å². The molecule has 0 saturated heterocycles. The van der Waals surface area contributed by atoms with Crippen LogP contribution in [-0.2, 0) is 6.54 Å². The van der Waals surface area contributed by atoms with Crippen molar-refractivity contribution in [2.24, 2.45) is 0 Å². The first-order valence-electron chi connectivity index (χ1n) is 10.7. The highest BCUT2D eigenvalue weighted by molar-refractivity contribution is 6.30. The zero-order valence-electron chi connectivity index (χ0n) is 17.4. The van der Waals surface area contributed by atoms with Gasteiger partial charge < -0.3 is 10.6 Å². The lowest BCUT2D eigenvalue weighted by atomic mass is 9.96. The number of benzene rings is 1. The van der Waals surface area contributed by atoms with E-state index in [0.29, 0.717) is 30.2 Å². The predicted molar refractivity (Wildman–Crippen MR) is 123 cm³/mol. The summed E-state index contributed by atoms with van der Waals surface area (Å²) in [6, 6.07) is 10.1. The standard InChI is InChI=1S/C22H25ClN8/c1-14-11-19(30-29-14)26-20-18-13-25-31(17-5-3-2-4-6-17)21(18)28-22(27-20)24-12-15-7-9-16(23)10-8-15/h7-11,13,17H,2-6,12H2,1H3,(H3,24,26,27,28,29,30). The largest absolute Gasteiger partial charge is 0.350 e. The van der Waals surface area contributed by atoms with Crippen molar-refractivity contribution in [3.05, 3.63) is 52.8 Å². The summed E-state index contributed by atoms with van der Waals surface area (Å²) in [6.07, 6.45) is 7.89. The van der Waals surface area contributed by atoms with Crippen LogP contribution in [0.4, 0.5) is 17.6 Å². The molecule has 0 spiro atoms. The molecule has 0 unspecified atom stereocenters. The SMILES string of the molecule is Cc1cc(Nc2nc(NCc3ccc(Cl)cc3)nc3c2cnn3C2CCCCC2)n[nH]1. The van der Waals surface area contributed by atoms with E-state index in [4.69, 9.17) is 26.7 Å². The third-order valence-electron chi connectivity index (χ3n) is 5.69. The molecule has 0 radical (unpaired) electrons. The Morgan fingerprint density at radius 3 is 2.68 bits per heavy atom. The van der Waals surface area contributed by atoms with Crippen LogP contribution in [0.1, 0.15) is 49.4 Å². The predicted octanol–water partition coefficient (Wildman–Crippen LogP) is 5.37. The Kier molecular flexibility index (Phi) is 5.46. The van der Waals surface area contributed by atoms with Gasteiger partial charge in [-0.1, -0.05) is 43.0 Å². The van der Waals surface area contributed by atoms with E-state index in [1.807, 2.05) is 43.5 Å². The number of hydrogen-bond acceptors (Lipinski definition) is 6. The van der Waals surface area contributed by atoms with Crippen LogP contribution in [0.3, 0.4) is 0 Å². The first-order valence-corrected chi connectivity index (χ1v) is 11.1. The zero-order chi connectivity index (χ0) is 21.2. The van der Waals surface area contributed by atoms with Crippen LogP contribution in [-0.4, -0.2) is 29.9 Å². The van der Waals surface area contributed by atoms with E-state index in [-0.39, 0.29) is 0 Å². The van der Waals surface area contributed by atoms with Crippen molar-refractivity contribution in [2.75, 3.05) is 10.6 Å². The van der Waals surface area contributed by atoms with Gasteiger partial charge >= 0.3 is 0 Å². The van der Waals surface area contributed by atoms with Crippen molar-refractivity contribution in [3.63, 3.8) is 0 Å². The van der Waals surface area contributed by atoms with Gasteiger partial charge in [-0.3, -0.25) is 5.10 Å². The van der Waals surface area contributed by atoms with Gasteiger partial charge in [0.1, 0.15) is 5.82 Å². The molecule has 0 amide bonds. The Hall–Kier alpha value is -3.13. The molecule has 0 aliphatic heterocycles. The van der Waals surface area contributed by atoms with Gasteiger partial charge in [0.05, 0.1) is 17.6 Å². The number of nitrogens with zero attached hydrogens (tertiary/aromatic N) is 5. The summed E-state index contributed by atoms with van der Waals surface area (Å²) >= 11 is 6.00. The van der Waals surface area contributed by atoms with Gasteiger partial charge in [0.25, 0.3) is 0 Å². The molecule has 4 aromatic rings. The Morgan fingerprint density at radius 1 is 1.13 bits per heavy atom. The Morgan fingerprint density at radius 2 is 1.94 bits per heavy atom. The lowest BCUT2D eigenvalue weighted by Gasteiger charge is -2.22. The van der Waals surface area contributed by atoms with Crippen LogP contribution in [0.2, 0.25) is 5.02 Å². The fraction of sp³-hybridized carbons (Fsp3) is 0.364. The highest BCUT2D eigenvalue weighted by Gasteiger charge is 2.21. The van der Waals surface area contributed by atoms with E-state index in [1.165, 1.54) is 19.3 Å². The molecular formula is C22H25ClN8. The summed E-state index contributed by atoms with van der Waals surface area (Å²) in [7, 11) is 0. The summed E-state index contributed by atoms with van der Waals surface area (Å²) in [5, 5.41) is 20.2. The van der Waals surface area contributed by atoms with Crippen molar-refractivity contribution < 1.29 is 0 Å². The molecule has 1 fully saturated rings. The second-order valence-electron chi connectivity index (χ2n) is 8.06. The van der Waals surface area contributed by atoms with E-state index in [0.717, 1.165) is 40.2 Å². The minimum Gasteiger partial charge on any atom is -0.350 e. The van der Waals surface area contributed by atoms with Crippen molar-refractivity contribution in [1.29, 1.82) is 0 Å². The van der Waals surface area contributed by atoms with E-state index >= 15 is 0 Å². The summed E-state index contributed by atoms with van der Waals surface area (Å²) in [4.78, 5) is 9.56. The third kappa shape index (κ3) is 4.34. The molecule has 1 aromatic carbocycles. The molecule has 1 aliphatic carbocycles. The number of H-pyrrole nitrogens is 1. The minimum atomic E-state index is 0.380. The van der Waals surface area contributed by atoms with Crippen LogP contribution in [0, 0.1) is 6.92 Å². The molecule has 8 nitrogen and oxygen atoms in total. The van der Waals surface area contributed by atoms with Crippen LogP contribution in [0.15, 0.2) is 36.5 Å². The normalized spacial score (nSPS) is 14.8. The van der Waals surface area contributed by atoms with Gasteiger partial charge in [0.15, 0.2) is 11.5 Å². The molecule has 1 saturated carbocycles. The van der Waals surface area contributed by atoms with Crippen LogP contribution >= 0.6 is 11.6 Å². The quantitative estimate of drug-likeness (QED) is 0.376. The van der Waals surface area contributed by atoms with Gasteiger partial charge in [-0.2, -0.15) is 20.2 Å². The molecule has 5 rings (SSSR count). The highest BCUT2D eigenvalue weighted by Crippen LogP contribution is 2.32. The number of rotatable bonds is 6. The topological polar surface area (TPSA) is 96.3 Å². The number of anilines is 3. The summed E-state index contributed by atoms with van der Waals surface area (Å²) in [5.41, 5.74) is 2.92. The van der Waals surface area contributed by atoms with Gasteiger partial charge in [0.2, 0.25) is 5.95 Å². The monoisotopic (exact) mass is 436 g/mol. The Labute approximate surface area is 185 Å². The molecular weight excluding hydrogens is 412 g/mol. The molecule has 1 aliphatic rings.